The summed E-state index contributed by atoms with van der Waals surface area (Å²) >= 11 is 0. The number of aliphatic hydroxyl groups is 1. The van der Waals surface area contributed by atoms with E-state index in [2.05, 4.69) is 17.3 Å². The van der Waals surface area contributed by atoms with Gasteiger partial charge in [-0.15, -0.1) is 0 Å². The second kappa shape index (κ2) is 5.48. The highest BCUT2D eigenvalue weighted by atomic mass is 16.3. The standard InChI is InChI=1S/C16H21N3O2/c1-12-5-4-7-16(21,9-12)11-17-15(20)13-10-18-19-8-3-2-6-14(13)19/h2-3,6,8,10,12,21H,4-5,7,9,11H2,1H3,(H,17,20). The molecular weight excluding hydrogens is 266 g/mol. The van der Waals surface area contributed by atoms with Crippen LogP contribution in [0.1, 0.15) is 43.0 Å². The molecule has 2 atom stereocenters. The van der Waals surface area contributed by atoms with E-state index in [1.165, 1.54) is 0 Å². The van der Waals surface area contributed by atoms with Gasteiger partial charge in [0.1, 0.15) is 0 Å². The van der Waals surface area contributed by atoms with Crippen LogP contribution in [-0.4, -0.2) is 32.8 Å². The molecule has 21 heavy (non-hydrogen) atoms. The molecule has 1 amide bonds. The van der Waals surface area contributed by atoms with Crippen LogP contribution < -0.4 is 5.32 Å². The van der Waals surface area contributed by atoms with Crippen LogP contribution in [0.4, 0.5) is 0 Å². The summed E-state index contributed by atoms with van der Waals surface area (Å²) in [4.78, 5) is 12.3. The lowest BCUT2D eigenvalue weighted by Crippen LogP contribution is -2.45. The van der Waals surface area contributed by atoms with Crippen LogP contribution in [0, 0.1) is 5.92 Å². The molecule has 0 radical (unpaired) electrons. The number of hydrogen-bond acceptors (Lipinski definition) is 3. The number of nitrogens with zero attached hydrogens (tertiary/aromatic N) is 2. The normalized spacial score (nSPS) is 25.9. The molecule has 3 rings (SSSR count). The number of carbonyl (C=O) groups excluding carboxylic acids is 1. The number of pyridine rings is 1. The van der Waals surface area contributed by atoms with Gasteiger partial charge in [0.15, 0.2) is 0 Å². The molecule has 0 spiro atoms. The minimum atomic E-state index is -0.768. The smallest absolute Gasteiger partial charge is 0.255 e. The number of fused-ring (bicyclic) bond motifs is 1. The van der Waals surface area contributed by atoms with Crippen molar-refractivity contribution < 1.29 is 9.90 Å². The van der Waals surface area contributed by atoms with E-state index in [0.717, 1.165) is 31.2 Å². The molecule has 0 aliphatic heterocycles. The number of amides is 1. The number of nitrogens with one attached hydrogen (secondary N) is 1. The third-order valence-electron chi connectivity index (χ3n) is 4.32. The van der Waals surface area contributed by atoms with Crippen molar-refractivity contribution in [2.75, 3.05) is 6.54 Å². The Labute approximate surface area is 124 Å². The molecule has 2 N–H and O–H groups in total. The summed E-state index contributed by atoms with van der Waals surface area (Å²) in [5.41, 5.74) is 0.554. The molecule has 0 bridgehead atoms. The van der Waals surface area contributed by atoms with Gasteiger partial charge in [-0.3, -0.25) is 4.79 Å². The predicted octanol–water partition coefficient (Wildman–Crippen LogP) is 2.01. The molecule has 2 unspecified atom stereocenters. The van der Waals surface area contributed by atoms with Crippen molar-refractivity contribution in [3.63, 3.8) is 0 Å². The molecule has 0 saturated heterocycles. The first-order valence-electron chi connectivity index (χ1n) is 7.50. The maximum absolute atomic E-state index is 12.3. The Balaban J connectivity index is 1.69. The fourth-order valence-corrected chi connectivity index (χ4v) is 3.24. The summed E-state index contributed by atoms with van der Waals surface area (Å²) in [5.74, 6) is 0.334. The topological polar surface area (TPSA) is 66.6 Å². The molecule has 1 fully saturated rings. The van der Waals surface area contributed by atoms with E-state index in [1.807, 2.05) is 24.4 Å². The molecular formula is C16H21N3O2. The molecule has 2 aromatic rings. The maximum Gasteiger partial charge on any atom is 0.255 e. The summed E-state index contributed by atoms with van der Waals surface area (Å²) in [7, 11) is 0. The molecule has 2 aromatic heterocycles. The van der Waals surface area contributed by atoms with E-state index in [9.17, 15) is 9.90 Å². The van der Waals surface area contributed by atoms with Crippen LogP contribution in [0.25, 0.3) is 5.52 Å². The zero-order valence-corrected chi connectivity index (χ0v) is 12.2. The van der Waals surface area contributed by atoms with Crippen molar-refractivity contribution in [3.05, 3.63) is 36.2 Å². The quantitative estimate of drug-likeness (QED) is 0.907. The van der Waals surface area contributed by atoms with Gasteiger partial charge in [0.2, 0.25) is 0 Å². The zero-order chi connectivity index (χ0) is 14.9. The molecule has 2 heterocycles. The van der Waals surface area contributed by atoms with Gasteiger partial charge >= 0.3 is 0 Å². The van der Waals surface area contributed by atoms with Crippen molar-refractivity contribution >= 4 is 11.4 Å². The highest BCUT2D eigenvalue weighted by molar-refractivity contribution is 6.00. The van der Waals surface area contributed by atoms with Gasteiger partial charge in [-0.25, -0.2) is 4.52 Å². The highest BCUT2D eigenvalue weighted by Crippen LogP contribution is 2.31. The summed E-state index contributed by atoms with van der Waals surface area (Å²) in [6.07, 6.45) is 7.06. The van der Waals surface area contributed by atoms with Gasteiger partial charge in [-0.05, 0) is 30.9 Å². The average Bonchev–Trinajstić information content (AvgIpc) is 2.89. The van der Waals surface area contributed by atoms with Crippen molar-refractivity contribution in [3.8, 4) is 0 Å². The second-order valence-corrected chi connectivity index (χ2v) is 6.20. The number of rotatable bonds is 3. The van der Waals surface area contributed by atoms with Crippen molar-refractivity contribution in [2.24, 2.45) is 5.92 Å². The third kappa shape index (κ3) is 2.93. The number of aromatic nitrogens is 2. The first kappa shape index (κ1) is 14.1. The van der Waals surface area contributed by atoms with Crippen molar-refractivity contribution in [1.82, 2.24) is 14.9 Å². The summed E-state index contributed by atoms with van der Waals surface area (Å²) in [6, 6.07) is 5.61. The summed E-state index contributed by atoms with van der Waals surface area (Å²) < 4.78 is 1.67. The van der Waals surface area contributed by atoms with Gasteiger partial charge in [0.25, 0.3) is 5.91 Å². The predicted molar refractivity (Wildman–Crippen MR) is 80.1 cm³/mol. The Morgan fingerprint density at radius 3 is 3.24 bits per heavy atom. The van der Waals surface area contributed by atoms with E-state index < -0.39 is 5.60 Å². The van der Waals surface area contributed by atoms with Gasteiger partial charge in [0, 0.05) is 12.7 Å². The third-order valence-corrected chi connectivity index (χ3v) is 4.32. The lowest BCUT2D eigenvalue weighted by atomic mass is 9.79. The summed E-state index contributed by atoms with van der Waals surface area (Å²) in [5, 5.41) is 17.6. The zero-order valence-electron chi connectivity index (χ0n) is 12.2. The Morgan fingerprint density at radius 2 is 2.43 bits per heavy atom. The minimum absolute atomic E-state index is 0.178. The van der Waals surface area contributed by atoms with E-state index >= 15 is 0 Å². The first-order valence-corrected chi connectivity index (χ1v) is 7.50. The fourth-order valence-electron chi connectivity index (χ4n) is 3.24. The van der Waals surface area contributed by atoms with Crippen LogP contribution in [0.15, 0.2) is 30.6 Å². The van der Waals surface area contributed by atoms with E-state index in [0.29, 0.717) is 18.0 Å². The first-order chi connectivity index (χ1) is 10.1. The van der Waals surface area contributed by atoms with E-state index in [-0.39, 0.29) is 5.91 Å². The number of hydrogen-bond donors (Lipinski definition) is 2. The van der Waals surface area contributed by atoms with Gasteiger partial charge in [-0.1, -0.05) is 25.8 Å². The van der Waals surface area contributed by atoms with Crippen LogP contribution in [0.3, 0.4) is 0 Å². The van der Waals surface area contributed by atoms with Crippen LogP contribution in [-0.2, 0) is 0 Å². The molecule has 5 heteroatoms. The molecule has 1 aliphatic rings. The van der Waals surface area contributed by atoms with Gasteiger partial charge in [0.05, 0.1) is 22.9 Å². The monoisotopic (exact) mass is 287 g/mol. The van der Waals surface area contributed by atoms with Crippen LogP contribution in [0.2, 0.25) is 0 Å². The Kier molecular flexibility index (Phi) is 3.68. The lowest BCUT2D eigenvalue weighted by Gasteiger charge is -2.35. The highest BCUT2D eigenvalue weighted by Gasteiger charge is 2.33. The Bertz CT molecular complexity index is 652. The molecule has 1 saturated carbocycles. The molecule has 112 valence electrons. The number of carbonyl (C=O) groups is 1. The minimum Gasteiger partial charge on any atom is -0.388 e. The molecule has 5 nitrogen and oxygen atoms in total. The van der Waals surface area contributed by atoms with Crippen LogP contribution in [0.5, 0.6) is 0 Å². The fraction of sp³-hybridized carbons (Fsp3) is 0.500. The van der Waals surface area contributed by atoms with Gasteiger partial charge in [-0.2, -0.15) is 5.10 Å². The summed E-state index contributed by atoms with van der Waals surface area (Å²) in [6.45, 7) is 2.46. The van der Waals surface area contributed by atoms with Crippen molar-refractivity contribution in [1.29, 1.82) is 0 Å². The molecule has 0 aromatic carbocycles. The maximum atomic E-state index is 12.3. The lowest BCUT2D eigenvalue weighted by molar-refractivity contribution is -0.0109. The van der Waals surface area contributed by atoms with E-state index in [1.54, 1.807) is 10.7 Å². The molecule has 1 aliphatic carbocycles. The SMILES string of the molecule is CC1CCCC(O)(CNC(=O)c2cnn3ccccc23)C1. The van der Waals surface area contributed by atoms with Gasteiger partial charge < -0.3 is 10.4 Å². The Hall–Kier alpha value is -1.88. The van der Waals surface area contributed by atoms with E-state index in [4.69, 9.17) is 0 Å². The second-order valence-electron chi connectivity index (χ2n) is 6.20. The van der Waals surface area contributed by atoms with Crippen LogP contribution >= 0.6 is 0 Å². The largest absolute Gasteiger partial charge is 0.388 e. The average molecular weight is 287 g/mol. The van der Waals surface area contributed by atoms with Crippen molar-refractivity contribution in [2.45, 2.75) is 38.2 Å². The Morgan fingerprint density at radius 1 is 1.57 bits per heavy atom.